The highest BCUT2D eigenvalue weighted by molar-refractivity contribution is 7.89. The number of hydrogen-bond donors (Lipinski definition) is 0. The van der Waals surface area contributed by atoms with Crippen LogP contribution in [0.15, 0.2) is 58.8 Å². The molecule has 2 heterocycles. The number of nitrogens with zero attached hydrogens (tertiary/aromatic N) is 2. The maximum atomic E-state index is 13.0. The van der Waals surface area contributed by atoms with E-state index in [0.717, 1.165) is 5.56 Å². The molecular formula is C21H19FN2O5S2. The predicted molar refractivity (Wildman–Crippen MR) is 113 cm³/mol. The number of aromatic nitrogens is 1. The van der Waals surface area contributed by atoms with E-state index in [-0.39, 0.29) is 22.9 Å². The highest BCUT2D eigenvalue weighted by atomic mass is 32.2. The van der Waals surface area contributed by atoms with E-state index >= 15 is 0 Å². The van der Waals surface area contributed by atoms with Crippen molar-refractivity contribution in [2.45, 2.75) is 11.5 Å². The van der Waals surface area contributed by atoms with E-state index in [1.807, 2.05) is 0 Å². The minimum absolute atomic E-state index is 0.0235. The molecule has 0 aliphatic carbocycles. The molecule has 1 aromatic heterocycles. The monoisotopic (exact) mass is 462 g/mol. The number of rotatable bonds is 6. The summed E-state index contributed by atoms with van der Waals surface area (Å²) in [7, 11) is -3.62. The molecule has 0 atom stereocenters. The first-order valence-electron chi connectivity index (χ1n) is 9.49. The van der Waals surface area contributed by atoms with Crippen LogP contribution in [-0.4, -0.2) is 50.0 Å². The normalized spacial score (nSPS) is 15.0. The van der Waals surface area contributed by atoms with Crippen molar-refractivity contribution in [2.75, 3.05) is 26.3 Å². The van der Waals surface area contributed by atoms with Crippen LogP contribution >= 0.6 is 11.3 Å². The fourth-order valence-electron chi connectivity index (χ4n) is 3.02. The first kappa shape index (κ1) is 21.6. The zero-order chi connectivity index (χ0) is 21.8. The lowest BCUT2D eigenvalue weighted by molar-refractivity contribution is 0.0468. The third kappa shape index (κ3) is 4.99. The minimum Gasteiger partial charge on any atom is -0.456 e. The SMILES string of the molecule is O=C(OCc1csc(-c2ccc(F)cc2)n1)c1ccc(S(=O)(=O)N2CCOCC2)cc1. The third-order valence-electron chi connectivity index (χ3n) is 4.69. The lowest BCUT2D eigenvalue weighted by Crippen LogP contribution is -2.40. The molecule has 7 nitrogen and oxygen atoms in total. The van der Waals surface area contributed by atoms with Crippen molar-refractivity contribution in [3.8, 4) is 10.6 Å². The molecule has 1 aliphatic rings. The van der Waals surface area contributed by atoms with E-state index in [9.17, 15) is 17.6 Å². The molecule has 0 unspecified atom stereocenters. The largest absolute Gasteiger partial charge is 0.456 e. The molecule has 3 aromatic rings. The molecular weight excluding hydrogens is 443 g/mol. The highest BCUT2D eigenvalue weighted by Gasteiger charge is 2.26. The first-order chi connectivity index (χ1) is 14.9. The number of thiazole rings is 1. The molecule has 31 heavy (non-hydrogen) atoms. The van der Waals surface area contributed by atoms with Crippen molar-refractivity contribution in [3.05, 3.63) is 71.0 Å². The summed E-state index contributed by atoms with van der Waals surface area (Å²) in [6.45, 7) is 1.32. The molecule has 1 saturated heterocycles. The fourth-order valence-corrected chi connectivity index (χ4v) is 5.24. The first-order valence-corrected chi connectivity index (χ1v) is 11.8. The Morgan fingerprint density at radius 1 is 1.10 bits per heavy atom. The smallest absolute Gasteiger partial charge is 0.338 e. The minimum atomic E-state index is -3.62. The second kappa shape index (κ2) is 9.23. The maximum Gasteiger partial charge on any atom is 0.338 e. The van der Waals surface area contributed by atoms with Crippen LogP contribution < -0.4 is 0 Å². The topological polar surface area (TPSA) is 85.8 Å². The molecule has 0 amide bonds. The standard InChI is InChI=1S/C21H19FN2O5S2/c22-17-5-1-15(2-6-17)20-23-18(14-30-20)13-29-21(25)16-3-7-19(8-4-16)31(26,27)24-9-11-28-12-10-24/h1-8,14H,9-13H2. The number of morpholine rings is 1. The fraction of sp³-hybridized carbons (Fsp3) is 0.238. The summed E-state index contributed by atoms with van der Waals surface area (Å²) in [6, 6.07) is 11.7. The van der Waals surface area contributed by atoms with Crippen molar-refractivity contribution in [3.63, 3.8) is 0 Å². The van der Waals surface area contributed by atoms with Crippen LogP contribution in [0, 0.1) is 5.82 Å². The van der Waals surface area contributed by atoms with Gasteiger partial charge in [-0.2, -0.15) is 4.31 Å². The highest BCUT2D eigenvalue weighted by Crippen LogP contribution is 2.24. The number of carbonyl (C=O) groups is 1. The number of carbonyl (C=O) groups excluding carboxylic acids is 1. The second-order valence-electron chi connectivity index (χ2n) is 6.77. The molecule has 0 N–H and O–H groups in total. The van der Waals surface area contributed by atoms with Crippen molar-refractivity contribution in [1.82, 2.24) is 9.29 Å². The Morgan fingerprint density at radius 2 is 1.77 bits per heavy atom. The summed E-state index contributed by atoms with van der Waals surface area (Å²) >= 11 is 1.37. The van der Waals surface area contributed by atoms with Gasteiger partial charge in [0.1, 0.15) is 17.4 Å². The predicted octanol–water partition coefficient (Wildman–Crippen LogP) is 3.33. The van der Waals surface area contributed by atoms with Crippen molar-refractivity contribution >= 4 is 27.3 Å². The zero-order valence-corrected chi connectivity index (χ0v) is 18.0. The maximum absolute atomic E-state index is 13.0. The number of ether oxygens (including phenoxy) is 2. The van der Waals surface area contributed by atoms with E-state index in [0.29, 0.717) is 37.0 Å². The number of halogens is 1. The number of benzene rings is 2. The van der Waals surface area contributed by atoms with Gasteiger partial charge in [0.05, 0.1) is 29.4 Å². The van der Waals surface area contributed by atoms with Crippen LogP contribution in [-0.2, 0) is 26.1 Å². The summed E-state index contributed by atoms with van der Waals surface area (Å²) in [6.07, 6.45) is 0. The van der Waals surface area contributed by atoms with E-state index in [1.54, 1.807) is 17.5 Å². The van der Waals surface area contributed by atoms with Gasteiger partial charge in [0.15, 0.2) is 0 Å². The van der Waals surface area contributed by atoms with Gasteiger partial charge in [-0.05, 0) is 48.5 Å². The molecule has 0 radical (unpaired) electrons. The molecule has 2 aromatic carbocycles. The van der Waals surface area contributed by atoms with Crippen LogP contribution in [0.2, 0.25) is 0 Å². The Morgan fingerprint density at radius 3 is 2.45 bits per heavy atom. The summed E-state index contributed by atoms with van der Waals surface area (Å²) in [5.74, 6) is -0.898. The number of hydrogen-bond acceptors (Lipinski definition) is 7. The summed E-state index contributed by atoms with van der Waals surface area (Å²) in [5, 5.41) is 2.47. The lowest BCUT2D eigenvalue weighted by Gasteiger charge is -2.26. The molecule has 0 saturated carbocycles. The molecule has 162 valence electrons. The van der Waals surface area contributed by atoms with E-state index < -0.39 is 16.0 Å². The molecule has 0 bridgehead atoms. The van der Waals surface area contributed by atoms with Gasteiger partial charge in [-0.25, -0.2) is 22.6 Å². The van der Waals surface area contributed by atoms with Crippen LogP contribution in [0.1, 0.15) is 16.1 Å². The number of esters is 1. The van der Waals surface area contributed by atoms with Gasteiger partial charge in [-0.1, -0.05) is 0 Å². The van der Waals surface area contributed by atoms with Crippen LogP contribution in [0.3, 0.4) is 0 Å². The average molecular weight is 463 g/mol. The van der Waals surface area contributed by atoms with Gasteiger partial charge in [-0.15, -0.1) is 11.3 Å². The molecule has 0 spiro atoms. The van der Waals surface area contributed by atoms with E-state index in [4.69, 9.17) is 9.47 Å². The average Bonchev–Trinajstić information content (AvgIpc) is 3.28. The van der Waals surface area contributed by atoms with Crippen LogP contribution in [0.5, 0.6) is 0 Å². The molecule has 1 aliphatic heterocycles. The van der Waals surface area contributed by atoms with Crippen molar-refractivity contribution in [2.24, 2.45) is 0 Å². The summed E-state index contributed by atoms with van der Waals surface area (Å²) < 4.78 is 50.2. The third-order valence-corrected chi connectivity index (χ3v) is 7.54. The van der Waals surface area contributed by atoms with E-state index in [1.165, 1.54) is 52.0 Å². The zero-order valence-electron chi connectivity index (χ0n) is 16.4. The Labute approximate surface area is 183 Å². The van der Waals surface area contributed by atoms with Gasteiger partial charge in [0.2, 0.25) is 10.0 Å². The number of sulfonamides is 1. The van der Waals surface area contributed by atoms with Gasteiger partial charge in [-0.3, -0.25) is 0 Å². The Balaban J connectivity index is 1.37. The van der Waals surface area contributed by atoms with Gasteiger partial charge in [0.25, 0.3) is 0 Å². The van der Waals surface area contributed by atoms with Crippen molar-refractivity contribution < 1.29 is 27.1 Å². The Kier molecular flexibility index (Phi) is 6.42. The van der Waals surface area contributed by atoms with Gasteiger partial charge >= 0.3 is 5.97 Å². The van der Waals surface area contributed by atoms with Crippen LogP contribution in [0.4, 0.5) is 4.39 Å². The Hall–Kier alpha value is -2.66. The summed E-state index contributed by atoms with van der Waals surface area (Å²) in [4.78, 5) is 16.8. The quantitative estimate of drug-likeness (QED) is 0.523. The molecule has 10 heteroatoms. The lowest BCUT2D eigenvalue weighted by atomic mass is 10.2. The van der Waals surface area contributed by atoms with Crippen molar-refractivity contribution in [1.29, 1.82) is 0 Å². The van der Waals surface area contributed by atoms with E-state index in [2.05, 4.69) is 4.98 Å². The second-order valence-corrected chi connectivity index (χ2v) is 9.56. The molecule has 4 rings (SSSR count). The van der Waals surface area contributed by atoms with Gasteiger partial charge < -0.3 is 9.47 Å². The summed E-state index contributed by atoms with van der Waals surface area (Å²) in [5.41, 5.74) is 1.60. The molecule has 1 fully saturated rings. The Bertz CT molecular complexity index is 1160. The van der Waals surface area contributed by atoms with Crippen LogP contribution in [0.25, 0.3) is 10.6 Å². The van der Waals surface area contributed by atoms with Gasteiger partial charge in [0, 0.05) is 24.0 Å².